The third kappa shape index (κ3) is 7.98. The molecule has 0 radical (unpaired) electrons. The molecule has 0 aliphatic rings. The predicted molar refractivity (Wildman–Crippen MR) is 70.8 cm³/mol. The lowest BCUT2D eigenvalue weighted by Crippen LogP contribution is -2.36. The van der Waals surface area contributed by atoms with Gasteiger partial charge in [0.05, 0.1) is 0 Å². The molecule has 0 N–H and O–H groups in total. The van der Waals surface area contributed by atoms with E-state index in [-0.39, 0.29) is 5.91 Å². The van der Waals surface area contributed by atoms with Crippen LogP contribution in [0.15, 0.2) is 0 Å². The van der Waals surface area contributed by atoms with Gasteiger partial charge in [-0.15, -0.1) is 11.6 Å². The Bertz CT molecular complexity index is 182. The van der Waals surface area contributed by atoms with Crippen molar-refractivity contribution in [2.45, 2.75) is 47.0 Å². The van der Waals surface area contributed by atoms with Crippen LogP contribution in [-0.4, -0.2) is 29.8 Å². The molecule has 0 aliphatic carbocycles. The Morgan fingerprint density at radius 2 is 1.56 bits per heavy atom. The van der Waals surface area contributed by atoms with Crippen molar-refractivity contribution in [2.24, 2.45) is 11.8 Å². The molecule has 16 heavy (non-hydrogen) atoms. The van der Waals surface area contributed by atoms with Gasteiger partial charge in [-0.25, -0.2) is 0 Å². The molecule has 0 spiro atoms. The molecule has 0 unspecified atom stereocenters. The number of carbonyl (C=O) groups excluding carboxylic acids is 1. The van der Waals surface area contributed by atoms with E-state index in [9.17, 15) is 4.79 Å². The smallest absolute Gasteiger partial charge is 0.222 e. The lowest BCUT2D eigenvalue weighted by molar-refractivity contribution is -0.132. The second-order valence-corrected chi connectivity index (χ2v) is 5.61. The molecule has 0 bridgehead atoms. The molecule has 3 heteroatoms. The Balaban J connectivity index is 4.10. The van der Waals surface area contributed by atoms with Gasteiger partial charge in [-0.1, -0.05) is 27.7 Å². The summed E-state index contributed by atoms with van der Waals surface area (Å²) in [5.74, 6) is 2.01. The summed E-state index contributed by atoms with van der Waals surface area (Å²) < 4.78 is 0. The van der Waals surface area contributed by atoms with Crippen molar-refractivity contribution in [1.82, 2.24) is 4.90 Å². The Hall–Kier alpha value is -0.240. The maximum atomic E-state index is 12.0. The molecule has 0 aromatic heterocycles. The van der Waals surface area contributed by atoms with Crippen LogP contribution in [0.2, 0.25) is 0 Å². The fourth-order valence-corrected chi connectivity index (χ4v) is 1.88. The summed E-state index contributed by atoms with van der Waals surface area (Å²) in [5, 5.41) is 0. The van der Waals surface area contributed by atoms with Crippen LogP contribution >= 0.6 is 11.6 Å². The quantitative estimate of drug-likeness (QED) is 0.475. The van der Waals surface area contributed by atoms with E-state index in [1.807, 2.05) is 4.90 Å². The van der Waals surface area contributed by atoms with Gasteiger partial charge in [0.2, 0.25) is 5.91 Å². The Morgan fingerprint density at radius 1 is 1.06 bits per heavy atom. The highest BCUT2D eigenvalue weighted by molar-refractivity contribution is 6.17. The first-order valence-corrected chi connectivity index (χ1v) is 6.84. The van der Waals surface area contributed by atoms with Gasteiger partial charge in [0.25, 0.3) is 0 Å². The minimum Gasteiger partial charge on any atom is -0.342 e. The van der Waals surface area contributed by atoms with Gasteiger partial charge in [-0.05, 0) is 24.7 Å². The van der Waals surface area contributed by atoms with Crippen molar-refractivity contribution < 1.29 is 4.79 Å². The minimum atomic E-state index is 0.285. The number of hydrogen-bond donors (Lipinski definition) is 0. The van der Waals surface area contributed by atoms with Gasteiger partial charge in [0, 0.05) is 25.4 Å². The van der Waals surface area contributed by atoms with Crippen LogP contribution in [0.1, 0.15) is 47.0 Å². The van der Waals surface area contributed by atoms with Gasteiger partial charge in [0.15, 0.2) is 0 Å². The fraction of sp³-hybridized carbons (Fsp3) is 0.923. The largest absolute Gasteiger partial charge is 0.342 e. The summed E-state index contributed by atoms with van der Waals surface area (Å²) in [6, 6.07) is 0. The summed E-state index contributed by atoms with van der Waals surface area (Å²) in [5.41, 5.74) is 0. The normalized spacial score (nSPS) is 11.2. The van der Waals surface area contributed by atoms with Crippen LogP contribution in [-0.2, 0) is 4.79 Å². The van der Waals surface area contributed by atoms with Crippen LogP contribution < -0.4 is 0 Å². The monoisotopic (exact) mass is 247 g/mol. The van der Waals surface area contributed by atoms with E-state index < -0.39 is 0 Å². The molecule has 0 atom stereocenters. The SMILES string of the molecule is CC(C)CN(CC(C)C)C(=O)CCCCCl. The van der Waals surface area contributed by atoms with Crippen molar-refractivity contribution in [3.63, 3.8) is 0 Å². The molecule has 0 saturated carbocycles. The molecular formula is C13H26ClNO. The second-order valence-electron chi connectivity index (χ2n) is 5.23. The number of rotatable bonds is 8. The van der Waals surface area contributed by atoms with Gasteiger partial charge >= 0.3 is 0 Å². The van der Waals surface area contributed by atoms with Crippen LogP contribution in [0.5, 0.6) is 0 Å². The molecule has 0 saturated heterocycles. The van der Waals surface area contributed by atoms with E-state index in [4.69, 9.17) is 11.6 Å². The van der Waals surface area contributed by atoms with Gasteiger partial charge in [0.1, 0.15) is 0 Å². The summed E-state index contributed by atoms with van der Waals surface area (Å²) in [4.78, 5) is 14.0. The molecule has 0 rings (SSSR count). The van der Waals surface area contributed by atoms with E-state index in [1.165, 1.54) is 0 Å². The highest BCUT2D eigenvalue weighted by atomic mass is 35.5. The molecule has 0 fully saturated rings. The van der Waals surface area contributed by atoms with E-state index in [0.29, 0.717) is 24.1 Å². The Labute approximate surface area is 105 Å². The predicted octanol–water partition coefficient (Wildman–Crippen LogP) is 3.54. The van der Waals surface area contributed by atoms with Gasteiger partial charge in [-0.2, -0.15) is 0 Å². The summed E-state index contributed by atoms with van der Waals surface area (Å²) in [7, 11) is 0. The molecule has 2 nitrogen and oxygen atoms in total. The molecule has 0 aromatic carbocycles. The van der Waals surface area contributed by atoms with Crippen LogP contribution in [0.25, 0.3) is 0 Å². The zero-order chi connectivity index (χ0) is 12.6. The van der Waals surface area contributed by atoms with Gasteiger partial charge in [-0.3, -0.25) is 4.79 Å². The summed E-state index contributed by atoms with van der Waals surface area (Å²) in [6.45, 7) is 10.4. The molecule has 0 heterocycles. The van der Waals surface area contributed by atoms with E-state index in [1.54, 1.807) is 0 Å². The van der Waals surface area contributed by atoms with Crippen molar-refractivity contribution in [3.8, 4) is 0 Å². The fourth-order valence-electron chi connectivity index (χ4n) is 1.69. The number of amides is 1. The third-order valence-electron chi connectivity index (χ3n) is 2.30. The van der Waals surface area contributed by atoms with Crippen molar-refractivity contribution in [2.75, 3.05) is 19.0 Å². The topological polar surface area (TPSA) is 20.3 Å². The van der Waals surface area contributed by atoms with Crippen molar-refractivity contribution >= 4 is 17.5 Å². The van der Waals surface area contributed by atoms with Crippen molar-refractivity contribution in [3.05, 3.63) is 0 Å². The van der Waals surface area contributed by atoms with Crippen LogP contribution in [0.4, 0.5) is 0 Å². The molecule has 0 aliphatic heterocycles. The first kappa shape index (κ1) is 15.8. The highest BCUT2D eigenvalue weighted by Gasteiger charge is 2.15. The lowest BCUT2D eigenvalue weighted by atomic mass is 10.1. The first-order valence-electron chi connectivity index (χ1n) is 6.31. The molecule has 96 valence electrons. The van der Waals surface area contributed by atoms with Crippen molar-refractivity contribution in [1.29, 1.82) is 0 Å². The van der Waals surface area contributed by atoms with E-state index >= 15 is 0 Å². The average Bonchev–Trinajstić information content (AvgIpc) is 2.15. The summed E-state index contributed by atoms with van der Waals surface area (Å²) >= 11 is 5.61. The molecule has 0 aromatic rings. The zero-order valence-corrected chi connectivity index (χ0v) is 11.9. The van der Waals surface area contributed by atoms with Crippen LogP contribution in [0, 0.1) is 11.8 Å². The van der Waals surface area contributed by atoms with E-state index in [2.05, 4.69) is 27.7 Å². The number of alkyl halides is 1. The maximum Gasteiger partial charge on any atom is 0.222 e. The second kappa shape index (κ2) is 8.86. The third-order valence-corrected chi connectivity index (χ3v) is 2.57. The number of unbranched alkanes of at least 4 members (excludes halogenated alkanes) is 1. The zero-order valence-electron chi connectivity index (χ0n) is 11.1. The minimum absolute atomic E-state index is 0.285. The maximum absolute atomic E-state index is 12.0. The first-order chi connectivity index (χ1) is 7.47. The number of carbonyl (C=O) groups is 1. The van der Waals surface area contributed by atoms with Crippen LogP contribution in [0.3, 0.4) is 0 Å². The summed E-state index contributed by atoms with van der Waals surface area (Å²) in [6.07, 6.45) is 2.49. The standard InChI is InChI=1S/C13H26ClNO/c1-11(2)9-15(10-12(3)4)13(16)7-5-6-8-14/h11-12H,5-10H2,1-4H3. The Kier molecular flexibility index (Phi) is 8.73. The van der Waals surface area contributed by atoms with E-state index in [0.717, 1.165) is 25.9 Å². The number of halogens is 1. The highest BCUT2D eigenvalue weighted by Crippen LogP contribution is 2.08. The molecular weight excluding hydrogens is 222 g/mol. The van der Waals surface area contributed by atoms with Gasteiger partial charge < -0.3 is 4.90 Å². The Morgan fingerprint density at radius 3 is 1.94 bits per heavy atom. The molecule has 1 amide bonds. The average molecular weight is 248 g/mol. The lowest BCUT2D eigenvalue weighted by Gasteiger charge is -2.26. The number of hydrogen-bond acceptors (Lipinski definition) is 1. The number of nitrogens with zero attached hydrogens (tertiary/aromatic N) is 1.